The van der Waals surface area contributed by atoms with E-state index in [-0.39, 0.29) is 12.0 Å². The highest BCUT2D eigenvalue weighted by Gasteiger charge is 2.35. The largest absolute Gasteiger partial charge is 0.331 e. The Labute approximate surface area is 143 Å². The Kier molecular flexibility index (Phi) is 4.33. The highest BCUT2D eigenvalue weighted by atomic mass is 16.2. The predicted octanol–water partition coefficient (Wildman–Crippen LogP) is 4.14. The fraction of sp³-hybridized carbons (Fsp3) is 0.429. The second kappa shape index (κ2) is 6.76. The molecule has 2 aromatic rings. The van der Waals surface area contributed by atoms with E-state index in [4.69, 9.17) is 0 Å². The zero-order chi connectivity index (χ0) is 16.4. The third-order valence-electron chi connectivity index (χ3n) is 5.52. The number of hydrogen-bond acceptors (Lipinski definition) is 2. The second-order valence-electron chi connectivity index (χ2n) is 7.00. The number of carbonyl (C=O) groups is 1. The minimum Gasteiger partial charge on any atom is -0.331 e. The normalized spacial score (nSPS) is 21.3. The first-order valence-corrected chi connectivity index (χ1v) is 9.13. The van der Waals surface area contributed by atoms with Crippen LogP contribution in [0.1, 0.15) is 54.8 Å². The molecule has 0 saturated heterocycles. The number of pyridine rings is 1. The fourth-order valence-corrected chi connectivity index (χ4v) is 4.29. The number of aromatic nitrogens is 1. The van der Waals surface area contributed by atoms with Gasteiger partial charge in [0.2, 0.25) is 5.91 Å². The van der Waals surface area contributed by atoms with Crippen molar-refractivity contribution in [3.05, 3.63) is 65.5 Å². The molecule has 1 atom stereocenters. The van der Waals surface area contributed by atoms with Gasteiger partial charge in [-0.15, -0.1) is 0 Å². The first-order chi connectivity index (χ1) is 11.8. The van der Waals surface area contributed by atoms with Gasteiger partial charge < -0.3 is 4.90 Å². The van der Waals surface area contributed by atoms with Gasteiger partial charge >= 0.3 is 0 Å². The van der Waals surface area contributed by atoms with Crippen LogP contribution in [0.3, 0.4) is 0 Å². The Morgan fingerprint density at radius 1 is 1.04 bits per heavy atom. The molecule has 124 valence electrons. The smallest absolute Gasteiger partial charge is 0.226 e. The van der Waals surface area contributed by atoms with Gasteiger partial charge in [-0.1, -0.05) is 49.6 Å². The minimum absolute atomic E-state index is 0.0121. The van der Waals surface area contributed by atoms with E-state index in [1.165, 1.54) is 30.4 Å². The number of nitrogens with zero attached hydrogens (tertiary/aromatic N) is 2. The van der Waals surface area contributed by atoms with Crippen molar-refractivity contribution >= 4 is 5.91 Å². The maximum Gasteiger partial charge on any atom is 0.226 e. The first kappa shape index (κ1) is 15.4. The topological polar surface area (TPSA) is 33.2 Å². The summed E-state index contributed by atoms with van der Waals surface area (Å²) < 4.78 is 0. The average molecular weight is 320 g/mol. The standard InChI is InChI=1S/C21H24N2O/c24-21(17-8-2-1-3-9-17)23-14-12-16-7-4-5-11-19(16)20(23)18-10-6-13-22-15-18/h4-7,10-11,13,15,17,20H,1-3,8-9,12,14H2. The molecule has 1 unspecified atom stereocenters. The first-order valence-electron chi connectivity index (χ1n) is 9.13. The van der Waals surface area contributed by atoms with Gasteiger partial charge in [0.15, 0.2) is 0 Å². The van der Waals surface area contributed by atoms with Crippen LogP contribution < -0.4 is 0 Å². The summed E-state index contributed by atoms with van der Waals surface area (Å²) in [6, 6.07) is 12.6. The molecule has 1 aromatic heterocycles. The van der Waals surface area contributed by atoms with Crippen molar-refractivity contribution in [3.63, 3.8) is 0 Å². The molecular weight excluding hydrogens is 296 g/mol. The summed E-state index contributed by atoms with van der Waals surface area (Å²) in [7, 11) is 0. The number of carbonyl (C=O) groups excluding carboxylic acids is 1. The number of amides is 1. The van der Waals surface area contributed by atoms with Crippen LogP contribution in [0.5, 0.6) is 0 Å². The molecule has 1 saturated carbocycles. The molecule has 1 amide bonds. The summed E-state index contributed by atoms with van der Waals surface area (Å²) >= 11 is 0. The molecule has 4 rings (SSSR count). The Hall–Kier alpha value is -2.16. The van der Waals surface area contributed by atoms with Crippen LogP contribution >= 0.6 is 0 Å². The Balaban J connectivity index is 1.71. The van der Waals surface area contributed by atoms with Gasteiger partial charge in [0.25, 0.3) is 0 Å². The van der Waals surface area contributed by atoms with Crippen molar-refractivity contribution in [1.82, 2.24) is 9.88 Å². The molecule has 0 bridgehead atoms. The van der Waals surface area contributed by atoms with Crippen molar-refractivity contribution in [2.24, 2.45) is 5.92 Å². The van der Waals surface area contributed by atoms with Crippen LogP contribution in [-0.4, -0.2) is 22.3 Å². The van der Waals surface area contributed by atoms with Crippen LogP contribution in [0.25, 0.3) is 0 Å². The SMILES string of the molecule is O=C(C1CCCCC1)N1CCc2ccccc2C1c1cccnc1. The predicted molar refractivity (Wildman–Crippen MR) is 94.5 cm³/mol. The molecule has 3 nitrogen and oxygen atoms in total. The van der Waals surface area contributed by atoms with Crippen LogP contribution in [-0.2, 0) is 11.2 Å². The summed E-state index contributed by atoms with van der Waals surface area (Å²) in [5.74, 6) is 0.557. The summed E-state index contributed by atoms with van der Waals surface area (Å²) in [5, 5.41) is 0. The van der Waals surface area contributed by atoms with Crippen LogP contribution in [0.15, 0.2) is 48.8 Å². The van der Waals surface area contributed by atoms with Crippen LogP contribution in [0, 0.1) is 5.92 Å². The third kappa shape index (κ3) is 2.83. The Bertz CT molecular complexity index is 707. The van der Waals surface area contributed by atoms with Gasteiger partial charge in [-0.25, -0.2) is 0 Å². The van der Waals surface area contributed by atoms with E-state index in [9.17, 15) is 4.79 Å². The molecule has 1 fully saturated rings. The van der Waals surface area contributed by atoms with E-state index in [0.717, 1.165) is 31.4 Å². The van der Waals surface area contributed by atoms with E-state index < -0.39 is 0 Å². The molecule has 0 radical (unpaired) electrons. The van der Waals surface area contributed by atoms with Gasteiger partial charge in [0.1, 0.15) is 0 Å². The number of benzene rings is 1. The number of rotatable bonds is 2. The van der Waals surface area contributed by atoms with E-state index in [2.05, 4.69) is 40.2 Å². The van der Waals surface area contributed by atoms with Crippen LogP contribution in [0.4, 0.5) is 0 Å². The molecule has 0 N–H and O–H groups in total. The van der Waals surface area contributed by atoms with E-state index in [1.54, 1.807) is 6.20 Å². The van der Waals surface area contributed by atoms with E-state index >= 15 is 0 Å². The molecule has 1 aromatic carbocycles. The maximum absolute atomic E-state index is 13.3. The molecule has 1 aliphatic carbocycles. The lowest BCUT2D eigenvalue weighted by Crippen LogP contribution is -2.44. The molecule has 3 heteroatoms. The minimum atomic E-state index is 0.0121. The van der Waals surface area contributed by atoms with Crippen molar-refractivity contribution < 1.29 is 4.79 Å². The van der Waals surface area contributed by atoms with E-state index in [1.807, 2.05) is 12.3 Å². The van der Waals surface area contributed by atoms with Crippen LogP contribution in [0.2, 0.25) is 0 Å². The summed E-state index contributed by atoms with van der Waals surface area (Å²) in [4.78, 5) is 19.7. The Morgan fingerprint density at radius 3 is 2.67 bits per heavy atom. The molecule has 2 aliphatic rings. The van der Waals surface area contributed by atoms with Gasteiger partial charge in [0, 0.05) is 24.9 Å². The maximum atomic E-state index is 13.3. The zero-order valence-corrected chi connectivity index (χ0v) is 14.0. The summed E-state index contributed by atoms with van der Waals surface area (Å²) in [6.07, 6.45) is 10.4. The van der Waals surface area contributed by atoms with Gasteiger partial charge in [-0.05, 0) is 42.0 Å². The summed E-state index contributed by atoms with van der Waals surface area (Å²) in [6.45, 7) is 0.811. The van der Waals surface area contributed by atoms with Gasteiger partial charge in [-0.2, -0.15) is 0 Å². The molecule has 0 spiro atoms. The number of fused-ring (bicyclic) bond motifs is 1. The second-order valence-corrected chi connectivity index (χ2v) is 7.00. The molecule has 24 heavy (non-hydrogen) atoms. The lowest BCUT2D eigenvalue weighted by atomic mass is 9.84. The fourth-order valence-electron chi connectivity index (χ4n) is 4.29. The van der Waals surface area contributed by atoms with Gasteiger partial charge in [0.05, 0.1) is 6.04 Å². The highest BCUT2D eigenvalue weighted by Crippen LogP contribution is 2.37. The van der Waals surface area contributed by atoms with Gasteiger partial charge in [-0.3, -0.25) is 9.78 Å². The lowest BCUT2D eigenvalue weighted by molar-refractivity contribution is -0.138. The Morgan fingerprint density at radius 2 is 1.88 bits per heavy atom. The quantitative estimate of drug-likeness (QED) is 0.833. The third-order valence-corrected chi connectivity index (χ3v) is 5.52. The number of hydrogen-bond donors (Lipinski definition) is 0. The van der Waals surface area contributed by atoms with E-state index in [0.29, 0.717) is 5.91 Å². The monoisotopic (exact) mass is 320 g/mol. The molecule has 1 aliphatic heterocycles. The summed E-state index contributed by atoms with van der Waals surface area (Å²) in [5.41, 5.74) is 3.74. The average Bonchev–Trinajstić information content (AvgIpc) is 2.68. The molecular formula is C21H24N2O. The van der Waals surface area contributed by atoms with Crippen molar-refractivity contribution in [2.45, 2.75) is 44.6 Å². The highest BCUT2D eigenvalue weighted by molar-refractivity contribution is 5.80. The van der Waals surface area contributed by atoms with Crippen molar-refractivity contribution in [3.8, 4) is 0 Å². The van der Waals surface area contributed by atoms with Crippen molar-refractivity contribution in [1.29, 1.82) is 0 Å². The lowest BCUT2D eigenvalue weighted by Gasteiger charge is -2.40. The zero-order valence-electron chi connectivity index (χ0n) is 14.0. The molecule has 2 heterocycles. The van der Waals surface area contributed by atoms with Crippen molar-refractivity contribution in [2.75, 3.05) is 6.54 Å².